The van der Waals surface area contributed by atoms with Crippen molar-refractivity contribution in [3.63, 3.8) is 0 Å². The summed E-state index contributed by atoms with van der Waals surface area (Å²) in [5.74, 6) is 0.893. The Labute approximate surface area is 150 Å². The Balaban J connectivity index is 1.44. The minimum atomic E-state index is -0.689. The Hall–Kier alpha value is -1.59. The summed E-state index contributed by atoms with van der Waals surface area (Å²) in [5, 5.41) is 13.2. The number of nitrogens with zero attached hydrogens (tertiary/aromatic N) is 1. The fourth-order valence-electron chi connectivity index (χ4n) is 4.06. The molecule has 3 rings (SSSR count). The minimum absolute atomic E-state index is 0.0602. The monoisotopic (exact) mass is 346 g/mol. The first-order valence-electron chi connectivity index (χ1n) is 9.51. The molecule has 1 aliphatic carbocycles. The predicted octanol–water partition coefficient (Wildman–Crippen LogP) is 2.50. The van der Waals surface area contributed by atoms with Crippen LogP contribution >= 0.6 is 0 Å². The van der Waals surface area contributed by atoms with Gasteiger partial charge in [0.05, 0.1) is 19.1 Å². The molecule has 1 aliphatic heterocycles. The fraction of sp³-hybridized carbons (Fsp3) is 0.650. The van der Waals surface area contributed by atoms with Crippen LogP contribution in [-0.4, -0.2) is 48.7 Å². The van der Waals surface area contributed by atoms with Crippen molar-refractivity contribution in [1.29, 1.82) is 0 Å². The molecule has 25 heavy (non-hydrogen) atoms. The topological polar surface area (TPSA) is 61.8 Å². The molecule has 2 fully saturated rings. The number of hydrogen-bond donors (Lipinski definition) is 2. The maximum absolute atomic E-state index is 12.4. The van der Waals surface area contributed by atoms with Gasteiger partial charge < -0.3 is 15.2 Å². The first-order chi connectivity index (χ1) is 12.2. The zero-order valence-electron chi connectivity index (χ0n) is 15.1. The molecular weight excluding hydrogens is 316 g/mol. The number of carbonyl (C=O) groups excluding carboxylic acids is 1. The highest BCUT2D eigenvalue weighted by Crippen LogP contribution is 2.28. The molecule has 0 aromatic heterocycles. The molecule has 1 saturated heterocycles. The molecule has 0 radical (unpaired) electrons. The van der Waals surface area contributed by atoms with Crippen molar-refractivity contribution in [3.05, 3.63) is 29.8 Å². The third kappa shape index (κ3) is 4.73. The maximum atomic E-state index is 12.4. The first-order valence-corrected chi connectivity index (χ1v) is 9.51. The van der Waals surface area contributed by atoms with E-state index in [0.29, 0.717) is 6.04 Å². The molecule has 1 aromatic rings. The minimum Gasteiger partial charge on any atom is -0.497 e. The summed E-state index contributed by atoms with van der Waals surface area (Å²) in [6, 6.07) is 7.97. The second-order valence-corrected chi connectivity index (χ2v) is 7.31. The summed E-state index contributed by atoms with van der Waals surface area (Å²) in [5.41, 5.74) is 0.788. The van der Waals surface area contributed by atoms with Crippen molar-refractivity contribution < 1.29 is 14.6 Å². The summed E-state index contributed by atoms with van der Waals surface area (Å²) < 4.78 is 5.12. The van der Waals surface area contributed by atoms with E-state index in [4.69, 9.17) is 4.74 Å². The largest absolute Gasteiger partial charge is 0.497 e. The smallest absolute Gasteiger partial charge is 0.224 e. The van der Waals surface area contributed by atoms with Crippen LogP contribution in [0.2, 0.25) is 0 Å². The van der Waals surface area contributed by atoms with Gasteiger partial charge in [0.15, 0.2) is 0 Å². The highest BCUT2D eigenvalue weighted by molar-refractivity contribution is 5.79. The van der Waals surface area contributed by atoms with Crippen LogP contribution in [0, 0.1) is 5.92 Å². The SMILES string of the molecule is COc1ccc(C(O)CNC(=O)C2CCN(C3CCCCC3)C2)cc1. The predicted molar refractivity (Wildman–Crippen MR) is 97.5 cm³/mol. The quantitative estimate of drug-likeness (QED) is 0.831. The number of carbonyl (C=O) groups is 1. The molecule has 1 saturated carbocycles. The fourth-order valence-corrected chi connectivity index (χ4v) is 4.06. The van der Waals surface area contributed by atoms with E-state index in [-0.39, 0.29) is 18.4 Å². The number of nitrogens with one attached hydrogen (secondary N) is 1. The highest BCUT2D eigenvalue weighted by atomic mass is 16.5. The summed E-state index contributed by atoms with van der Waals surface area (Å²) in [4.78, 5) is 14.9. The number of benzene rings is 1. The van der Waals surface area contributed by atoms with Gasteiger partial charge in [-0.3, -0.25) is 9.69 Å². The van der Waals surface area contributed by atoms with Crippen molar-refractivity contribution in [3.8, 4) is 5.75 Å². The lowest BCUT2D eigenvalue weighted by atomic mass is 9.94. The zero-order chi connectivity index (χ0) is 17.6. The second kappa shape index (κ2) is 8.68. The van der Waals surface area contributed by atoms with Crippen LogP contribution in [0.4, 0.5) is 0 Å². The Morgan fingerprint density at radius 2 is 1.96 bits per heavy atom. The van der Waals surface area contributed by atoms with E-state index in [2.05, 4.69) is 10.2 Å². The number of rotatable bonds is 6. The van der Waals surface area contributed by atoms with Gasteiger partial charge in [-0.15, -0.1) is 0 Å². The lowest BCUT2D eigenvalue weighted by Gasteiger charge is -2.30. The molecule has 1 amide bonds. The summed E-state index contributed by atoms with van der Waals surface area (Å²) in [6.07, 6.45) is 6.82. The molecule has 1 aromatic carbocycles. The van der Waals surface area contributed by atoms with Gasteiger partial charge in [-0.05, 0) is 43.5 Å². The van der Waals surface area contributed by atoms with Gasteiger partial charge in [-0.2, -0.15) is 0 Å². The van der Waals surface area contributed by atoms with E-state index >= 15 is 0 Å². The molecule has 2 atom stereocenters. The maximum Gasteiger partial charge on any atom is 0.224 e. The van der Waals surface area contributed by atoms with Gasteiger partial charge in [-0.1, -0.05) is 31.4 Å². The van der Waals surface area contributed by atoms with Gasteiger partial charge in [0, 0.05) is 19.1 Å². The molecule has 0 spiro atoms. The summed E-state index contributed by atoms with van der Waals surface area (Å²) in [6.45, 7) is 2.16. The Kier molecular flexibility index (Phi) is 6.32. The van der Waals surface area contributed by atoms with Crippen LogP contribution < -0.4 is 10.1 Å². The molecule has 2 N–H and O–H groups in total. The van der Waals surface area contributed by atoms with Crippen molar-refractivity contribution in [2.24, 2.45) is 5.92 Å². The van der Waals surface area contributed by atoms with E-state index in [1.54, 1.807) is 7.11 Å². The number of amides is 1. The normalized spacial score (nSPS) is 23.4. The third-order valence-corrected chi connectivity index (χ3v) is 5.65. The van der Waals surface area contributed by atoms with E-state index in [1.165, 1.54) is 32.1 Å². The summed E-state index contributed by atoms with van der Waals surface area (Å²) >= 11 is 0. The second-order valence-electron chi connectivity index (χ2n) is 7.31. The molecule has 2 unspecified atom stereocenters. The van der Waals surface area contributed by atoms with Crippen LogP contribution in [0.3, 0.4) is 0 Å². The number of aliphatic hydroxyl groups excluding tert-OH is 1. The van der Waals surface area contributed by atoms with Crippen LogP contribution in [-0.2, 0) is 4.79 Å². The Morgan fingerprint density at radius 1 is 1.24 bits per heavy atom. The van der Waals surface area contributed by atoms with Gasteiger partial charge in [0.25, 0.3) is 0 Å². The van der Waals surface area contributed by atoms with Crippen molar-refractivity contribution in [2.45, 2.75) is 50.7 Å². The zero-order valence-corrected chi connectivity index (χ0v) is 15.1. The molecule has 0 bridgehead atoms. The van der Waals surface area contributed by atoms with E-state index in [9.17, 15) is 9.90 Å². The van der Waals surface area contributed by atoms with Gasteiger partial charge in [-0.25, -0.2) is 0 Å². The Morgan fingerprint density at radius 3 is 2.64 bits per heavy atom. The number of likely N-dealkylation sites (tertiary alicyclic amines) is 1. The lowest BCUT2D eigenvalue weighted by Crippen LogP contribution is -2.38. The van der Waals surface area contributed by atoms with Gasteiger partial charge in [0.2, 0.25) is 5.91 Å². The summed E-state index contributed by atoms with van der Waals surface area (Å²) in [7, 11) is 1.61. The van der Waals surface area contributed by atoms with Crippen LogP contribution in [0.5, 0.6) is 5.75 Å². The van der Waals surface area contributed by atoms with Crippen LogP contribution in [0.15, 0.2) is 24.3 Å². The van der Waals surface area contributed by atoms with E-state index in [0.717, 1.165) is 30.8 Å². The molecule has 138 valence electrons. The average Bonchev–Trinajstić information content (AvgIpc) is 3.17. The number of methoxy groups -OCH3 is 1. The third-order valence-electron chi connectivity index (χ3n) is 5.65. The molecule has 5 heteroatoms. The van der Waals surface area contributed by atoms with Crippen LogP contribution in [0.1, 0.15) is 50.2 Å². The lowest BCUT2D eigenvalue weighted by molar-refractivity contribution is -0.125. The van der Waals surface area contributed by atoms with Crippen molar-refractivity contribution in [1.82, 2.24) is 10.2 Å². The van der Waals surface area contributed by atoms with Gasteiger partial charge in [0.1, 0.15) is 5.75 Å². The average molecular weight is 346 g/mol. The van der Waals surface area contributed by atoms with Crippen molar-refractivity contribution in [2.75, 3.05) is 26.7 Å². The molecule has 5 nitrogen and oxygen atoms in total. The molecule has 1 heterocycles. The standard InChI is InChI=1S/C20H30N2O3/c1-25-18-9-7-15(8-10-18)19(23)13-21-20(24)16-11-12-22(14-16)17-5-3-2-4-6-17/h7-10,16-17,19,23H,2-6,11-14H2,1H3,(H,21,24). The van der Waals surface area contributed by atoms with E-state index < -0.39 is 6.10 Å². The Bertz CT molecular complexity index is 555. The molecule has 2 aliphatic rings. The number of ether oxygens (including phenoxy) is 1. The highest BCUT2D eigenvalue weighted by Gasteiger charge is 2.32. The van der Waals surface area contributed by atoms with Crippen molar-refractivity contribution >= 4 is 5.91 Å². The molecular formula is C20H30N2O3. The van der Waals surface area contributed by atoms with Crippen LogP contribution in [0.25, 0.3) is 0 Å². The number of hydrogen-bond acceptors (Lipinski definition) is 4. The number of aliphatic hydroxyl groups is 1. The van der Waals surface area contributed by atoms with E-state index in [1.807, 2.05) is 24.3 Å². The first kappa shape index (κ1) is 18.2. The van der Waals surface area contributed by atoms with Gasteiger partial charge >= 0.3 is 0 Å².